The van der Waals surface area contributed by atoms with E-state index in [4.69, 9.17) is 15.0 Å². The van der Waals surface area contributed by atoms with Crippen molar-refractivity contribution in [3.05, 3.63) is 48.0 Å². The molecule has 0 unspecified atom stereocenters. The van der Waals surface area contributed by atoms with Gasteiger partial charge in [-0.3, -0.25) is 0 Å². The van der Waals surface area contributed by atoms with E-state index in [2.05, 4.69) is 0 Å². The van der Waals surface area contributed by atoms with E-state index in [0.29, 0.717) is 16.4 Å². The maximum Gasteiger partial charge on any atom is 0.335 e. The van der Waals surface area contributed by atoms with Crippen LogP contribution in [0.2, 0.25) is 0 Å². The highest BCUT2D eigenvalue weighted by Gasteiger charge is 2.23. The maximum absolute atomic E-state index is 11.9. The molecule has 2 rings (SSSR count). The molecular formula is C15H15NO5S2. The van der Waals surface area contributed by atoms with Crippen molar-refractivity contribution in [1.82, 2.24) is 0 Å². The van der Waals surface area contributed by atoms with Gasteiger partial charge in [-0.05, 0) is 30.0 Å². The molecule has 0 amide bonds. The van der Waals surface area contributed by atoms with Gasteiger partial charge in [0.15, 0.2) is 5.75 Å². The van der Waals surface area contributed by atoms with E-state index in [1.54, 1.807) is 30.3 Å². The van der Waals surface area contributed by atoms with Crippen molar-refractivity contribution in [3.8, 4) is 11.5 Å². The number of ether oxygens (including phenoxy) is 1. The van der Waals surface area contributed by atoms with Gasteiger partial charge in [-0.15, -0.1) is 11.8 Å². The summed E-state index contributed by atoms with van der Waals surface area (Å²) in [6.07, 6.45) is 0. The van der Waals surface area contributed by atoms with Crippen LogP contribution in [0.15, 0.2) is 52.3 Å². The molecule has 0 spiro atoms. The molecule has 0 aliphatic heterocycles. The first-order valence-electron chi connectivity index (χ1n) is 6.62. The summed E-state index contributed by atoms with van der Waals surface area (Å²) in [5.74, 6) is -0.161. The standard InChI is InChI=1S/C15H15NO5S2/c1-2-22-12-8-10(15(17)18)9-13(23(16,19)20)14(12)21-11-6-4-3-5-7-11/h3-9H,2H2,1H3,(H,17,18)(H2,16,19,20). The smallest absolute Gasteiger partial charge is 0.335 e. The Bertz CT molecular complexity index is 819. The van der Waals surface area contributed by atoms with Crippen LogP contribution in [0.25, 0.3) is 0 Å². The Morgan fingerprint density at radius 3 is 2.43 bits per heavy atom. The number of nitrogens with two attached hydrogens (primary N) is 1. The maximum atomic E-state index is 11.9. The fourth-order valence-electron chi connectivity index (χ4n) is 1.88. The van der Waals surface area contributed by atoms with Gasteiger partial charge in [-0.2, -0.15) is 0 Å². The molecule has 8 heteroatoms. The molecule has 0 radical (unpaired) electrons. The van der Waals surface area contributed by atoms with Gasteiger partial charge in [-0.1, -0.05) is 25.1 Å². The first-order valence-corrected chi connectivity index (χ1v) is 9.16. The Morgan fingerprint density at radius 2 is 1.91 bits per heavy atom. The number of carbonyl (C=O) groups is 1. The third kappa shape index (κ3) is 4.25. The molecule has 2 aromatic rings. The van der Waals surface area contributed by atoms with Gasteiger partial charge in [-0.25, -0.2) is 18.4 Å². The lowest BCUT2D eigenvalue weighted by atomic mass is 10.2. The minimum atomic E-state index is -4.15. The number of thioether (sulfide) groups is 1. The van der Waals surface area contributed by atoms with Crippen molar-refractivity contribution in [2.75, 3.05) is 5.75 Å². The van der Waals surface area contributed by atoms with Crippen LogP contribution in [0, 0.1) is 0 Å². The normalized spacial score (nSPS) is 11.2. The van der Waals surface area contributed by atoms with E-state index in [9.17, 15) is 13.2 Å². The molecule has 2 aromatic carbocycles. The van der Waals surface area contributed by atoms with Crippen LogP contribution in [0.5, 0.6) is 11.5 Å². The molecule has 0 heterocycles. The molecule has 0 aliphatic rings. The van der Waals surface area contributed by atoms with E-state index in [1.807, 2.05) is 6.92 Å². The fourth-order valence-corrected chi connectivity index (χ4v) is 3.45. The largest absolute Gasteiger partial charge is 0.478 e. The highest BCUT2D eigenvalue weighted by atomic mass is 32.2. The van der Waals surface area contributed by atoms with Gasteiger partial charge in [0.25, 0.3) is 0 Å². The summed E-state index contributed by atoms with van der Waals surface area (Å²) >= 11 is 1.27. The zero-order valence-electron chi connectivity index (χ0n) is 12.2. The number of primary sulfonamides is 1. The average Bonchev–Trinajstić information content (AvgIpc) is 2.48. The van der Waals surface area contributed by atoms with E-state index in [-0.39, 0.29) is 16.2 Å². The first kappa shape index (κ1) is 17.3. The number of carboxylic acid groups (broad SMARTS) is 1. The van der Waals surface area contributed by atoms with Crippen LogP contribution < -0.4 is 9.88 Å². The number of hydrogen-bond donors (Lipinski definition) is 2. The van der Waals surface area contributed by atoms with Crippen molar-refractivity contribution < 1.29 is 23.1 Å². The summed E-state index contributed by atoms with van der Waals surface area (Å²) in [7, 11) is -4.15. The average molecular weight is 353 g/mol. The number of carboxylic acids is 1. The van der Waals surface area contributed by atoms with Crippen molar-refractivity contribution >= 4 is 27.8 Å². The topological polar surface area (TPSA) is 107 Å². The fraction of sp³-hybridized carbons (Fsp3) is 0.133. The second-order valence-electron chi connectivity index (χ2n) is 4.50. The summed E-state index contributed by atoms with van der Waals surface area (Å²) in [5.41, 5.74) is -0.162. The number of para-hydroxylation sites is 1. The van der Waals surface area contributed by atoms with Gasteiger partial charge in [0.1, 0.15) is 10.6 Å². The van der Waals surface area contributed by atoms with Crippen LogP contribution in [0.1, 0.15) is 17.3 Å². The number of benzene rings is 2. The minimum Gasteiger partial charge on any atom is -0.478 e. The molecule has 0 atom stereocenters. The lowest BCUT2D eigenvalue weighted by Crippen LogP contribution is -2.15. The summed E-state index contributed by atoms with van der Waals surface area (Å²) in [6.45, 7) is 1.86. The number of hydrogen-bond acceptors (Lipinski definition) is 5. The van der Waals surface area contributed by atoms with Gasteiger partial charge in [0.2, 0.25) is 10.0 Å². The van der Waals surface area contributed by atoms with Gasteiger partial charge in [0.05, 0.1) is 10.5 Å². The third-order valence-electron chi connectivity index (χ3n) is 2.84. The van der Waals surface area contributed by atoms with Crippen molar-refractivity contribution in [1.29, 1.82) is 0 Å². The molecular weight excluding hydrogens is 338 g/mol. The van der Waals surface area contributed by atoms with Gasteiger partial charge in [0, 0.05) is 0 Å². The molecule has 0 fully saturated rings. The lowest BCUT2D eigenvalue weighted by Gasteiger charge is -2.15. The van der Waals surface area contributed by atoms with Crippen molar-refractivity contribution in [2.45, 2.75) is 16.7 Å². The molecule has 0 bridgehead atoms. The summed E-state index contributed by atoms with van der Waals surface area (Å²) < 4.78 is 29.4. The van der Waals surface area contributed by atoms with Crippen LogP contribution >= 0.6 is 11.8 Å². The summed E-state index contributed by atoms with van der Waals surface area (Å²) in [5, 5.41) is 14.4. The molecule has 0 aromatic heterocycles. The van der Waals surface area contributed by atoms with Crippen LogP contribution in [-0.2, 0) is 10.0 Å². The van der Waals surface area contributed by atoms with E-state index >= 15 is 0 Å². The number of rotatable bonds is 6. The number of aromatic carboxylic acids is 1. The third-order valence-corrected chi connectivity index (χ3v) is 4.66. The van der Waals surface area contributed by atoms with E-state index in [0.717, 1.165) is 6.07 Å². The van der Waals surface area contributed by atoms with Crippen LogP contribution in [0.3, 0.4) is 0 Å². The SMILES string of the molecule is CCSc1cc(C(=O)O)cc(S(N)(=O)=O)c1Oc1ccccc1. The molecule has 122 valence electrons. The molecule has 23 heavy (non-hydrogen) atoms. The Balaban J connectivity index is 2.67. The van der Waals surface area contributed by atoms with Crippen LogP contribution in [0.4, 0.5) is 0 Å². The molecule has 0 saturated carbocycles. The quantitative estimate of drug-likeness (QED) is 0.773. The molecule has 0 saturated heterocycles. The lowest BCUT2D eigenvalue weighted by molar-refractivity contribution is 0.0696. The van der Waals surface area contributed by atoms with Crippen molar-refractivity contribution in [2.24, 2.45) is 5.14 Å². The monoisotopic (exact) mass is 353 g/mol. The minimum absolute atomic E-state index is 0.0375. The molecule has 6 nitrogen and oxygen atoms in total. The predicted octanol–water partition coefficient (Wildman–Crippen LogP) is 2.94. The Morgan fingerprint density at radius 1 is 1.26 bits per heavy atom. The summed E-state index contributed by atoms with van der Waals surface area (Å²) in [6, 6.07) is 11.0. The number of sulfonamides is 1. The van der Waals surface area contributed by atoms with Gasteiger partial charge >= 0.3 is 5.97 Å². The Hall–Kier alpha value is -2.03. The first-order chi connectivity index (χ1) is 10.8. The second kappa shape index (κ2) is 7.03. The second-order valence-corrected chi connectivity index (χ2v) is 7.34. The predicted molar refractivity (Wildman–Crippen MR) is 87.7 cm³/mol. The molecule has 3 N–H and O–H groups in total. The zero-order valence-corrected chi connectivity index (χ0v) is 13.9. The Kier molecular flexibility index (Phi) is 5.30. The highest BCUT2D eigenvalue weighted by molar-refractivity contribution is 7.99. The van der Waals surface area contributed by atoms with Gasteiger partial charge < -0.3 is 9.84 Å². The zero-order chi connectivity index (χ0) is 17.0. The highest BCUT2D eigenvalue weighted by Crippen LogP contribution is 2.39. The summed E-state index contributed by atoms with van der Waals surface area (Å²) in [4.78, 5) is 11.3. The van der Waals surface area contributed by atoms with Crippen molar-refractivity contribution in [3.63, 3.8) is 0 Å². The van der Waals surface area contributed by atoms with E-state index in [1.165, 1.54) is 17.8 Å². The van der Waals surface area contributed by atoms with E-state index < -0.39 is 16.0 Å². The molecule has 0 aliphatic carbocycles. The van der Waals surface area contributed by atoms with Crippen LogP contribution in [-0.4, -0.2) is 25.2 Å². The Labute approximate surface area is 138 Å².